The Kier molecular flexibility index (Phi) is 7.01. The van der Waals surface area contributed by atoms with Crippen molar-refractivity contribution >= 4 is 17.7 Å². The monoisotopic (exact) mass is 219 g/mol. The van der Waals surface area contributed by atoms with Crippen LogP contribution in [0.3, 0.4) is 0 Å². The summed E-state index contributed by atoms with van der Waals surface area (Å²) in [5.41, 5.74) is -1.25. The van der Waals surface area contributed by atoms with Gasteiger partial charge in [0.1, 0.15) is 5.60 Å². The number of thioether (sulfide) groups is 1. The highest BCUT2D eigenvalue weighted by Crippen LogP contribution is 2.03. The first kappa shape index (κ1) is 13.8. The largest absolute Gasteiger partial charge is 0.381 e. The summed E-state index contributed by atoms with van der Waals surface area (Å²) in [5, 5.41) is 12.0. The molecule has 0 fully saturated rings. The molecular formula is C10H21NO2S. The molecule has 0 atom stereocenters. The fourth-order valence-electron chi connectivity index (χ4n) is 0.966. The maximum Gasteiger partial charge on any atom is 0.251 e. The Morgan fingerprint density at radius 3 is 2.50 bits per heavy atom. The van der Waals surface area contributed by atoms with Crippen LogP contribution < -0.4 is 5.32 Å². The zero-order chi connectivity index (χ0) is 11.0. The van der Waals surface area contributed by atoms with Gasteiger partial charge in [-0.05, 0) is 38.7 Å². The van der Waals surface area contributed by atoms with Gasteiger partial charge in [-0.25, -0.2) is 0 Å². The van der Waals surface area contributed by atoms with Gasteiger partial charge in [0.2, 0.25) is 0 Å². The number of hydrogen-bond donors (Lipinski definition) is 2. The Hall–Kier alpha value is -0.220. The van der Waals surface area contributed by atoms with Crippen molar-refractivity contribution < 1.29 is 9.90 Å². The van der Waals surface area contributed by atoms with Crippen LogP contribution in [0.15, 0.2) is 0 Å². The molecule has 1 amide bonds. The highest BCUT2D eigenvalue weighted by atomic mass is 32.2. The third-order valence-electron chi connectivity index (χ3n) is 1.87. The van der Waals surface area contributed by atoms with Crippen molar-refractivity contribution in [3.8, 4) is 0 Å². The van der Waals surface area contributed by atoms with Crippen molar-refractivity contribution in [3.05, 3.63) is 0 Å². The first-order valence-corrected chi connectivity index (χ1v) is 6.37. The third-order valence-corrected chi connectivity index (χ3v) is 2.56. The second-order valence-electron chi connectivity index (χ2n) is 3.87. The van der Waals surface area contributed by atoms with Crippen molar-refractivity contribution in [2.45, 2.75) is 38.7 Å². The van der Waals surface area contributed by atoms with Crippen LogP contribution in [0.5, 0.6) is 0 Å². The first-order chi connectivity index (χ1) is 6.48. The van der Waals surface area contributed by atoms with Crippen LogP contribution >= 0.6 is 11.8 Å². The molecule has 0 aromatic carbocycles. The molecular weight excluding hydrogens is 198 g/mol. The van der Waals surface area contributed by atoms with Gasteiger partial charge in [0.25, 0.3) is 5.91 Å². The number of nitrogens with one attached hydrogen (secondary N) is 1. The van der Waals surface area contributed by atoms with Gasteiger partial charge in [-0.3, -0.25) is 4.79 Å². The molecule has 84 valence electrons. The van der Waals surface area contributed by atoms with Crippen molar-refractivity contribution in [2.24, 2.45) is 0 Å². The number of carbonyl (C=O) groups excluding carboxylic acids is 1. The second kappa shape index (κ2) is 7.12. The number of hydrogen-bond acceptors (Lipinski definition) is 3. The zero-order valence-corrected chi connectivity index (χ0v) is 10.1. The van der Waals surface area contributed by atoms with Crippen LogP contribution in [0.1, 0.15) is 33.1 Å². The van der Waals surface area contributed by atoms with Crippen LogP contribution in [0.4, 0.5) is 0 Å². The maximum atomic E-state index is 11.2. The molecule has 0 radical (unpaired) electrons. The maximum absolute atomic E-state index is 11.2. The topological polar surface area (TPSA) is 49.3 Å². The highest BCUT2D eigenvalue weighted by Gasteiger charge is 2.22. The smallest absolute Gasteiger partial charge is 0.251 e. The summed E-state index contributed by atoms with van der Waals surface area (Å²) in [6.07, 6.45) is 5.41. The van der Waals surface area contributed by atoms with E-state index in [0.717, 1.165) is 12.8 Å². The summed E-state index contributed by atoms with van der Waals surface area (Å²) >= 11 is 1.84. The molecule has 0 saturated heterocycles. The molecule has 0 spiro atoms. The predicted molar refractivity (Wildman–Crippen MR) is 61.5 cm³/mol. The van der Waals surface area contributed by atoms with E-state index in [9.17, 15) is 9.90 Å². The highest BCUT2D eigenvalue weighted by molar-refractivity contribution is 7.98. The Morgan fingerprint density at radius 1 is 1.36 bits per heavy atom. The molecule has 0 saturated carbocycles. The predicted octanol–water partition coefficient (Wildman–Crippen LogP) is 1.41. The van der Waals surface area contributed by atoms with E-state index in [4.69, 9.17) is 0 Å². The lowest BCUT2D eigenvalue weighted by Crippen LogP contribution is -2.42. The van der Waals surface area contributed by atoms with Gasteiger partial charge in [0.05, 0.1) is 0 Å². The quantitative estimate of drug-likeness (QED) is 0.636. The van der Waals surface area contributed by atoms with E-state index in [1.807, 2.05) is 11.8 Å². The fourth-order valence-corrected chi connectivity index (χ4v) is 1.46. The van der Waals surface area contributed by atoms with Gasteiger partial charge in [0.15, 0.2) is 0 Å². The molecule has 0 aliphatic carbocycles. The molecule has 0 heterocycles. The standard InChI is InChI=1S/C10H21NO2S/c1-10(2,13)9(12)11-7-5-4-6-8-14-3/h13H,4-8H2,1-3H3,(H,11,12). The van der Waals surface area contributed by atoms with E-state index in [1.165, 1.54) is 26.0 Å². The van der Waals surface area contributed by atoms with Crippen LogP contribution in [-0.4, -0.2) is 35.2 Å². The van der Waals surface area contributed by atoms with Crippen molar-refractivity contribution in [1.82, 2.24) is 5.32 Å². The summed E-state index contributed by atoms with van der Waals surface area (Å²) < 4.78 is 0. The second-order valence-corrected chi connectivity index (χ2v) is 4.85. The van der Waals surface area contributed by atoms with Gasteiger partial charge < -0.3 is 10.4 Å². The van der Waals surface area contributed by atoms with E-state index in [1.54, 1.807) is 0 Å². The first-order valence-electron chi connectivity index (χ1n) is 4.98. The molecule has 0 aliphatic rings. The Morgan fingerprint density at radius 2 is 2.00 bits per heavy atom. The van der Waals surface area contributed by atoms with Crippen molar-refractivity contribution in [3.63, 3.8) is 0 Å². The Bertz CT molecular complexity index is 166. The lowest BCUT2D eigenvalue weighted by molar-refractivity contribution is -0.136. The number of aliphatic hydroxyl groups is 1. The molecule has 2 N–H and O–H groups in total. The minimum absolute atomic E-state index is 0.289. The van der Waals surface area contributed by atoms with Crippen LogP contribution in [0.25, 0.3) is 0 Å². The summed E-state index contributed by atoms with van der Waals surface area (Å²) in [6.45, 7) is 3.66. The Labute approximate surface area is 90.7 Å². The molecule has 0 aliphatic heterocycles. The van der Waals surface area contributed by atoms with Gasteiger partial charge in [-0.15, -0.1) is 0 Å². The molecule has 0 aromatic rings. The number of rotatable bonds is 7. The molecule has 0 rings (SSSR count). The summed E-state index contributed by atoms with van der Waals surface area (Å²) in [4.78, 5) is 11.2. The average Bonchev–Trinajstić information content (AvgIpc) is 2.09. The molecule has 14 heavy (non-hydrogen) atoms. The zero-order valence-electron chi connectivity index (χ0n) is 9.30. The molecule has 4 heteroatoms. The van der Waals surface area contributed by atoms with E-state index < -0.39 is 5.60 Å². The number of carbonyl (C=O) groups is 1. The van der Waals surface area contributed by atoms with Gasteiger partial charge in [0, 0.05) is 6.54 Å². The van der Waals surface area contributed by atoms with Crippen LogP contribution in [0, 0.1) is 0 Å². The summed E-state index contributed by atoms with van der Waals surface area (Å²) in [7, 11) is 0. The molecule has 0 aromatic heterocycles. The fraction of sp³-hybridized carbons (Fsp3) is 0.900. The minimum atomic E-state index is -1.25. The molecule has 3 nitrogen and oxygen atoms in total. The van der Waals surface area contributed by atoms with E-state index in [0.29, 0.717) is 6.54 Å². The number of amides is 1. The summed E-state index contributed by atoms with van der Waals surface area (Å²) in [5.74, 6) is 0.891. The lowest BCUT2D eigenvalue weighted by Gasteiger charge is -2.16. The number of unbranched alkanes of at least 4 members (excludes halogenated alkanes) is 2. The van der Waals surface area contributed by atoms with Crippen molar-refractivity contribution in [2.75, 3.05) is 18.6 Å². The van der Waals surface area contributed by atoms with E-state index in [-0.39, 0.29) is 5.91 Å². The van der Waals surface area contributed by atoms with Gasteiger partial charge in [-0.1, -0.05) is 6.42 Å². The van der Waals surface area contributed by atoms with Gasteiger partial charge >= 0.3 is 0 Å². The minimum Gasteiger partial charge on any atom is -0.381 e. The molecule has 0 unspecified atom stereocenters. The normalized spacial score (nSPS) is 11.4. The van der Waals surface area contributed by atoms with Crippen LogP contribution in [-0.2, 0) is 4.79 Å². The molecule has 0 bridgehead atoms. The SMILES string of the molecule is CSCCCCCNC(=O)C(C)(C)O. The lowest BCUT2D eigenvalue weighted by atomic mass is 10.1. The third kappa shape index (κ3) is 7.21. The van der Waals surface area contributed by atoms with Crippen molar-refractivity contribution in [1.29, 1.82) is 0 Å². The van der Waals surface area contributed by atoms with Crippen LogP contribution in [0.2, 0.25) is 0 Å². The summed E-state index contributed by atoms with van der Waals surface area (Å²) in [6, 6.07) is 0. The average molecular weight is 219 g/mol. The van der Waals surface area contributed by atoms with Gasteiger partial charge in [-0.2, -0.15) is 11.8 Å². The Balaban J connectivity index is 3.33. The van der Waals surface area contributed by atoms with E-state index >= 15 is 0 Å². The van der Waals surface area contributed by atoms with E-state index in [2.05, 4.69) is 11.6 Å².